The van der Waals surface area contributed by atoms with Crippen LogP contribution in [0.25, 0.3) is 11.0 Å². The first-order chi connectivity index (χ1) is 14.5. The van der Waals surface area contributed by atoms with Crippen LogP contribution in [0.2, 0.25) is 0 Å². The van der Waals surface area contributed by atoms with Crippen molar-refractivity contribution < 1.29 is 19.1 Å². The van der Waals surface area contributed by atoms with E-state index in [0.717, 1.165) is 39.2 Å². The fourth-order valence-corrected chi connectivity index (χ4v) is 3.88. The van der Waals surface area contributed by atoms with E-state index in [1.54, 1.807) is 0 Å². The van der Waals surface area contributed by atoms with E-state index in [0.29, 0.717) is 12.2 Å². The van der Waals surface area contributed by atoms with Gasteiger partial charge in [-0.3, -0.25) is 4.79 Å². The zero-order valence-electron chi connectivity index (χ0n) is 17.1. The Morgan fingerprint density at radius 1 is 0.967 bits per heavy atom. The quantitative estimate of drug-likeness (QED) is 0.381. The molecule has 0 bridgehead atoms. The van der Waals surface area contributed by atoms with Gasteiger partial charge >= 0.3 is 5.97 Å². The SMILES string of the molecule is CC(C)c1c(CC(=O)O)oc2cccc(Cc3cccc(Oc4ccccc4)c3)c12. The standard InChI is InChI=1S/C26H24O4/c1-17(2)25-23(16-24(27)28)30-22-13-7-9-19(26(22)25)14-18-8-6-12-21(15-18)29-20-10-4-3-5-11-20/h3-13,15,17H,14,16H2,1-2H3,(H,27,28). The highest BCUT2D eigenvalue weighted by Gasteiger charge is 2.21. The molecule has 0 unspecified atom stereocenters. The Hall–Kier alpha value is -3.53. The summed E-state index contributed by atoms with van der Waals surface area (Å²) in [5.74, 6) is 1.40. The van der Waals surface area contributed by atoms with E-state index >= 15 is 0 Å². The lowest BCUT2D eigenvalue weighted by Gasteiger charge is -2.11. The lowest BCUT2D eigenvalue weighted by molar-refractivity contribution is -0.136. The summed E-state index contributed by atoms with van der Waals surface area (Å²) in [6.45, 7) is 4.14. The minimum Gasteiger partial charge on any atom is -0.481 e. The second-order valence-electron chi connectivity index (χ2n) is 7.69. The highest BCUT2D eigenvalue weighted by Crippen LogP contribution is 2.36. The van der Waals surface area contributed by atoms with E-state index in [-0.39, 0.29) is 12.3 Å². The van der Waals surface area contributed by atoms with Crippen LogP contribution in [-0.4, -0.2) is 11.1 Å². The molecular weight excluding hydrogens is 376 g/mol. The molecule has 0 saturated carbocycles. The summed E-state index contributed by atoms with van der Waals surface area (Å²) < 4.78 is 11.9. The number of furan rings is 1. The Morgan fingerprint density at radius 2 is 1.70 bits per heavy atom. The zero-order chi connectivity index (χ0) is 21.1. The molecule has 0 amide bonds. The van der Waals surface area contributed by atoms with E-state index in [1.807, 2.05) is 60.7 Å². The largest absolute Gasteiger partial charge is 0.481 e. The van der Waals surface area contributed by atoms with Crippen LogP contribution in [0.5, 0.6) is 11.5 Å². The van der Waals surface area contributed by atoms with Gasteiger partial charge < -0.3 is 14.3 Å². The highest BCUT2D eigenvalue weighted by atomic mass is 16.5. The molecule has 1 aromatic heterocycles. The molecule has 4 aromatic rings. The van der Waals surface area contributed by atoms with Gasteiger partial charge in [-0.05, 0) is 53.8 Å². The van der Waals surface area contributed by atoms with Gasteiger partial charge in [0.15, 0.2) is 0 Å². The van der Waals surface area contributed by atoms with Crippen molar-refractivity contribution in [3.05, 3.63) is 95.2 Å². The number of rotatable bonds is 7. The van der Waals surface area contributed by atoms with Crippen molar-refractivity contribution in [1.29, 1.82) is 0 Å². The number of carboxylic acids is 1. The van der Waals surface area contributed by atoms with E-state index in [4.69, 9.17) is 9.15 Å². The van der Waals surface area contributed by atoms with E-state index in [9.17, 15) is 9.90 Å². The van der Waals surface area contributed by atoms with Crippen LogP contribution >= 0.6 is 0 Å². The lowest BCUT2D eigenvalue weighted by Crippen LogP contribution is -2.03. The minimum atomic E-state index is -0.886. The van der Waals surface area contributed by atoms with Crippen molar-refractivity contribution in [3.63, 3.8) is 0 Å². The van der Waals surface area contributed by atoms with Crippen LogP contribution in [0, 0.1) is 0 Å². The first-order valence-corrected chi connectivity index (χ1v) is 10.1. The third-order valence-corrected chi connectivity index (χ3v) is 5.08. The normalized spacial score (nSPS) is 11.2. The van der Waals surface area contributed by atoms with Gasteiger partial charge in [0.1, 0.15) is 29.3 Å². The average Bonchev–Trinajstić information content (AvgIpc) is 3.07. The van der Waals surface area contributed by atoms with Crippen molar-refractivity contribution >= 4 is 16.9 Å². The lowest BCUT2D eigenvalue weighted by atomic mass is 9.93. The summed E-state index contributed by atoms with van der Waals surface area (Å²) in [4.78, 5) is 11.3. The molecule has 1 heterocycles. The number of fused-ring (bicyclic) bond motifs is 1. The van der Waals surface area contributed by atoms with Crippen molar-refractivity contribution in [2.75, 3.05) is 0 Å². The fraction of sp³-hybridized carbons (Fsp3) is 0.192. The van der Waals surface area contributed by atoms with Crippen LogP contribution in [0.15, 0.2) is 77.2 Å². The molecule has 3 aromatic carbocycles. The van der Waals surface area contributed by atoms with Gasteiger partial charge in [-0.15, -0.1) is 0 Å². The van der Waals surface area contributed by atoms with Crippen molar-refractivity contribution in [1.82, 2.24) is 0 Å². The Balaban J connectivity index is 1.70. The molecule has 152 valence electrons. The average molecular weight is 400 g/mol. The third kappa shape index (κ3) is 4.23. The molecule has 0 aliphatic carbocycles. The Bertz CT molecular complexity index is 1170. The van der Waals surface area contributed by atoms with Gasteiger partial charge in [0.2, 0.25) is 0 Å². The van der Waals surface area contributed by atoms with Crippen LogP contribution in [0.3, 0.4) is 0 Å². The molecule has 1 N–H and O–H groups in total. The molecule has 30 heavy (non-hydrogen) atoms. The maximum Gasteiger partial charge on any atom is 0.311 e. The molecule has 0 saturated heterocycles. The van der Waals surface area contributed by atoms with Gasteiger partial charge in [0.05, 0.1) is 0 Å². The number of carbonyl (C=O) groups is 1. The van der Waals surface area contributed by atoms with Crippen molar-refractivity contribution in [2.45, 2.75) is 32.6 Å². The first kappa shape index (κ1) is 19.8. The molecule has 0 atom stereocenters. The second kappa shape index (κ2) is 8.46. The maximum atomic E-state index is 11.3. The smallest absolute Gasteiger partial charge is 0.311 e. The summed E-state index contributed by atoms with van der Waals surface area (Å²) >= 11 is 0. The minimum absolute atomic E-state index is 0.109. The molecule has 4 nitrogen and oxygen atoms in total. The third-order valence-electron chi connectivity index (χ3n) is 5.08. The molecule has 0 fully saturated rings. The Kier molecular flexibility index (Phi) is 5.57. The zero-order valence-corrected chi connectivity index (χ0v) is 17.1. The topological polar surface area (TPSA) is 59.7 Å². The summed E-state index contributed by atoms with van der Waals surface area (Å²) in [5, 5.41) is 10.3. The predicted molar refractivity (Wildman–Crippen MR) is 117 cm³/mol. The first-order valence-electron chi connectivity index (χ1n) is 10.1. The van der Waals surface area contributed by atoms with E-state index in [2.05, 4.69) is 26.0 Å². The van der Waals surface area contributed by atoms with Gasteiger partial charge in [0, 0.05) is 10.9 Å². The van der Waals surface area contributed by atoms with Gasteiger partial charge in [-0.25, -0.2) is 0 Å². The number of aliphatic carboxylic acids is 1. The maximum absolute atomic E-state index is 11.3. The van der Waals surface area contributed by atoms with Crippen molar-refractivity contribution in [3.8, 4) is 11.5 Å². The summed E-state index contributed by atoms with van der Waals surface area (Å²) in [5.41, 5.74) is 3.96. The van der Waals surface area contributed by atoms with Crippen LogP contribution in [0.4, 0.5) is 0 Å². The van der Waals surface area contributed by atoms with Crippen LogP contribution in [-0.2, 0) is 17.6 Å². The molecule has 0 radical (unpaired) electrons. The Labute approximate surface area is 175 Å². The van der Waals surface area contributed by atoms with E-state index < -0.39 is 5.97 Å². The monoisotopic (exact) mass is 400 g/mol. The van der Waals surface area contributed by atoms with E-state index in [1.165, 1.54) is 0 Å². The van der Waals surface area contributed by atoms with Crippen molar-refractivity contribution in [2.24, 2.45) is 0 Å². The number of ether oxygens (including phenoxy) is 1. The summed E-state index contributed by atoms with van der Waals surface area (Å²) in [6, 6.07) is 23.7. The molecule has 0 aliphatic heterocycles. The fourth-order valence-electron chi connectivity index (χ4n) is 3.88. The number of hydrogen-bond donors (Lipinski definition) is 1. The molecule has 4 heteroatoms. The molecular formula is C26H24O4. The number of carboxylic acid groups (broad SMARTS) is 1. The van der Waals surface area contributed by atoms with Crippen LogP contribution in [0.1, 0.15) is 42.2 Å². The summed E-state index contributed by atoms with van der Waals surface area (Å²) in [6.07, 6.45) is 0.594. The molecule has 0 spiro atoms. The van der Waals surface area contributed by atoms with Gasteiger partial charge in [-0.2, -0.15) is 0 Å². The molecule has 0 aliphatic rings. The van der Waals surface area contributed by atoms with Gasteiger partial charge in [0.25, 0.3) is 0 Å². The Morgan fingerprint density at radius 3 is 2.43 bits per heavy atom. The number of para-hydroxylation sites is 1. The van der Waals surface area contributed by atoms with Crippen LogP contribution < -0.4 is 4.74 Å². The number of hydrogen-bond acceptors (Lipinski definition) is 3. The predicted octanol–water partition coefficient (Wildman–Crippen LogP) is 6.57. The molecule has 4 rings (SSSR count). The highest BCUT2D eigenvalue weighted by molar-refractivity contribution is 5.88. The second-order valence-corrected chi connectivity index (χ2v) is 7.69. The number of benzene rings is 3. The van der Waals surface area contributed by atoms with Gasteiger partial charge in [-0.1, -0.05) is 56.3 Å². The summed E-state index contributed by atoms with van der Waals surface area (Å²) in [7, 11) is 0.